The molecule has 0 bridgehead atoms. The quantitative estimate of drug-likeness (QED) is 0.588. The molecule has 0 saturated carbocycles. The highest BCUT2D eigenvalue weighted by atomic mass is 32.2. The molecular formula is C13H24N4S. The van der Waals surface area contributed by atoms with Crippen LogP contribution in [0.2, 0.25) is 0 Å². The summed E-state index contributed by atoms with van der Waals surface area (Å²) >= 11 is 1.88. The molecule has 1 aromatic rings. The summed E-state index contributed by atoms with van der Waals surface area (Å²) in [5, 5.41) is 0.636. The van der Waals surface area contributed by atoms with Gasteiger partial charge in [0.15, 0.2) is 0 Å². The first-order chi connectivity index (χ1) is 8.55. The second kappa shape index (κ2) is 7.59. The van der Waals surface area contributed by atoms with Gasteiger partial charge in [-0.3, -0.25) is 0 Å². The number of nitrogens with zero attached hydrogens (tertiary/aromatic N) is 2. The van der Waals surface area contributed by atoms with Gasteiger partial charge in [-0.15, -0.1) is 0 Å². The van der Waals surface area contributed by atoms with E-state index in [2.05, 4.69) is 43.1 Å². The first-order valence-corrected chi connectivity index (χ1v) is 7.55. The first-order valence-electron chi connectivity index (χ1n) is 6.50. The van der Waals surface area contributed by atoms with Gasteiger partial charge >= 0.3 is 0 Å². The molecule has 4 nitrogen and oxygen atoms in total. The molecular weight excluding hydrogens is 244 g/mol. The number of nitrogens with two attached hydrogens (primary N) is 1. The van der Waals surface area contributed by atoms with Crippen LogP contribution in [0.5, 0.6) is 0 Å². The summed E-state index contributed by atoms with van der Waals surface area (Å²) in [5.74, 6) is 8.46. The Hall–Kier alpha value is -0.810. The van der Waals surface area contributed by atoms with Crippen LogP contribution >= 0.6 is 11.8 Å². The summed E-state index contributed by atoms with van der Waals surface area (Å²) in [7, 11) is 0. The average molecular weight is 268 g/mol. The predicted molar refractivity (Wildman–Crippen MR) is 79.4 cm³/mol. The minimum atomic E-state index is 0.584. The SMILES string of the molecule is CCC(C)SCc1nc(CC(C)C)cc(NN)n1. The number of nitrogen functional groups attached to an aromatic ring is 1. The second-order valence-electron chi connectivity index (χ2n) is 4.93. The van der Waals surface area contributed by atoms with Crippen molar-refractivity contribution in [2.75, 3.05) is 5.43 Å². The van der Waals surface area contributed by atoms with Crippen molar-refractivity contribution >= 4 is 17.6 Å². The normalized spacial score (nSPS) is 12.8. The molecule has 1 rings (SSSR count). The Bertz CT molecular complexity index is 368. The van der Waals surface area contributed by atoms with Gasteiger partial charge in [-0.25, -0.2) is 15.8 Å². The molecule has 1 heterocycles. The van der Waals surface area contributed by atoms with Gasteiger partial charge in [0, 0.05) is 17.0 Å². The lowest BCUT2D eigenvalue weighted by Gasteiger charge is -2.11. The van der Waals surface area contributed by atoms with E-state index >= 15 is 0 Å². The van der Waals surface area contributed by atoms with Crippen molar-refractivity contribution in [3.05, 3.63) is 17.6 Å². The largest absolute Gasteiger partial charge is 0.308 e. The highest BCUT2D eigenvalue weighted by Gasteiger charge is 2.08. The van der Waals surface area contributed by atoms with Crippen molar-refractivity contribution in [1.29, 1.82) is 0 Å². The fourth-order valence-corrected chi connectivity index (χ4v) is 2.35. The summed E-state index contributed by atoms with van der Waals surface area (Å²) in [4.78, 5) is 9.00. The van der Waals surface area contributed by atoms with E-state index in [1.807, 2.05) is 17.8 Å². The molecule has 0 fully saturated rings. The van der Waals surface area contributed by atoms with Crippen LogP contribution in [0.25, 0.3) is 0 Å². The third kappa shape index (κ3) is 5.23. The molecule has 0 amide bonds. The van der Waals surface area contributed by atoms with E-state index in [0.717, 1.165) is 23.7 Å². The maximum Gasteiger partial charge on any atom is 0.143 e. The van der Waals surface area contributed by atoms with Gasteiger partial charge in [0.1, 0.15) is 11.6 Å². The van der Waals surface area contributed by atoms with E-state index in [4.69, 9.17) is 5.84 Å². The van der Waals surface area contributed by atoms with Gasteiger partial charge in [-0.2, -0.15) is 11.8 Å². The molecule has 3 N–H and O–H groups in total. The molecule has 0 aliphatic heterocycles. The molecule has 102 valence electrons. The number of hydrazine groups is 1. The van der Waals surface area contributed by atoms with Crippen molar-refractivity contribution in [1.82, 2.24) is 9.97 Å². The number of hydrogen-bond donors (Lipinski definition) is 2. The number of anilines is 1. The summed E-state index contributed by atoms with van der Waals surface area (Å²) in [6.07, 6.45) is 2.12. The third-order valence-corrected chi connectivity index (χ3v) is 3.99. The fraction of sp³-hybridized carbons (Fsp3) is 0.692. The van der Waals surface area contributed by atoms with Crippen molar-refractivity contribution in [2.45, 2.75) is 51.5 Å². The van der Waals surface area contributed by atoms with E-state index in [1.54, 1.807) is 0 Å². The zero-order chi connectivity index (χ0) is 13.5. The zero-order valence-electron chi connectivity index (χ0n) is 11.7. The highest BCUT2D eigenvalue weighted by Crippen LogP contribution is 2.19. The molecule has 0 spiro atoms. The van der Waals surface area contributed by atoms with E-state index in [9.17, 15) is 0 Å². The van der Waals surface area contributed by atoms with Gasteiger partial charge in [0.25, 0.3) is 0 Å². The number of nitrogens with one attached hydrogen (secondary N) is 1. The molecule has 1 atom stereocenters. The van der Waals surface area contributed by atoms with Gasteiger partial charge in [-0.1, -0.05) is 27.7 Å². The maximum atomic E-state index is 5.45. The lowest BCUT2D eigenvalue weighted by atomic mass is 10.1. The molecule has 18 heavy (non-hydrogen) atoms. The van der Waals surface area contributed by atoms with Crippen LogP contribution in [0.4, 0.5) is 5.82 Å². The number of aromatic nitrogens is 2. The van der Waals surface area contributed by atoms with E-state index in [-0.39, 0.29) is 0 Å². The van der Waals surface area contributed by atoms with E-state index < -0.39 is 0 Å². The molecule has 0 aromatic carbocycles. The van der Waals surface area contributed by atoms with Crippen molar-refractivity contribution < 1.29 is 0 Å². The molecule has 0 aliphatic carbocycles. The lowest BCUT2D eigenvalue weighted by Crippen LogP contribution is -2.12. The van der Waals surface area contributed by atoms with Crippen LogP contribution in [-0.2, 0) is 12.2 Å². The Labute approximate surface area is 114 Å². The van der Waals surface area contributed by atoms with Gasteiger partial charge < -0.3 is 5.43 Å². The van der Waals surface area contributed by atoms with Crippen LogP contribution in [0, 0.1) is 5.92 Å². The summed E-state index contributed by atoms with van der Waals surface area (Å²) in [6.45, 7) is 8.79. The Kier molecular flexibility index (Phi) is 6.43. The van der Waals surface area contributed by atoms with Crippen LogP contribution in [0.3, 0.4) is 0 Å². The molecule has 0 radical (unpaired) electrons. The number of hydrogen-bond acceptors (Lipinski definition) is 5. The van der Waals surface area contributed by atoms with Crippen LogP contribution in [0.15, 0.2) is 6.07 Å². The Morgan fingerprint density at radius 2 is 2.06 bits per heavy atom. The molecule has 1 aromatic heterocycles. The Balaban J connectivity index is 2.76. The third-order valence-electron chi connectivity index (χ3n) is 2.66. The molecule has 0 aliphatic rings. The predicted octanol–water partition coefficient (Wildman–Crippen LogP) is 2.99. The standard InChI is InChI=1S/C13H24N4S/c1-5-10(4)18-8-13-15-11(6-9(2)3)7-12(16-13)17-14/h7,9-10H,5-6,8,14H2,1-4H3,(H,15,16,17). The molecule has 5 heteroatoms. The second-order valence-corrected chi connectivity index (χ2v) is 6.36. The first kappa shape index (κ1) is 15.2. The van der Waals surface area contributed by atoms with Crippen molar-refractivity contribution in [3.63, 3.8) is 0 Å². The van der Waals surface area contributed by atoms with Crippen LogP contribution in [0.1, 0.15) is 45.6 Å². The average Bonchev–Trinajstić information content (AvgIpc) is 2.34. The lowest BCUT2D eigenvalue weighted by molar-refractivity contribution is 0.632. The minimum Gasteiger partial charge on any atom is -0.308 e. The number of thioether (sulfide) groups is 1. The maximum absolute atomic E-state index is 5.45. The van der Waals surface area contributed by atoms with Crippen molar-refractivity contribution in [2.24, 2.45) is 11.8 Å². The minimum absolute atomic E-state index is 0.584. The fourth-order valence-electron chi connectivity index (χ4n) is 1.55. The Morgan fingerprint density at radius 1 is 1.33 bits per heavy atom. The van der Waals surface area contributed by atoms with Crippen LogP contribution in [-0.4, -0.2) is 15.2 Å². The monoisotopic (exact) mass is 268 g/mol. The highest BCUT2D eigenvalue weighted by molar-refractivity contribution is 7.99. The van der Waals surface area contributed by atoms with Crippen LogP contribution < -0.4 is 11.3 Å². The van der Waals surface area contributed by atoms with E-state index in [0.29, 0.717) is 17.0 Å². The zero-order valence-corrected chi connectivity index (χ0v) is 12.5. The smallest absolute Gasteiger partial charge is 0.143 e. The topological polar surface area (TPSA) is 63.8 Å². The summed E-state index contributed by atoms with van der Waals surface area (Å²) < 4.78 is 0. The van der Waals surface area contributed by atoms with E-state index in [1.165, 1.54) is 6.42 Å². The molecule has 0 saturated heterocycles. The number of rotatable bonds is 7. The summed E-state index contributed by atoms with van der Waals surface area (Å²) in [6, 6.07) is 1.93. The van der Waals surface area contributed by atoms with Gasteiger partial charge in [0.05, 0.1) is 5.75 Å². The molecule has 1 unspecified atom stereocenters. The van der Waals surface area contributed by atoms with Crippen molar-refractivity contribution in [3.8, 4) is 0 Å². The van der Waals surface area contributed by atoms with Gasteiger partial charge in [0.2, 0.25) is 0 Å². The summed E-state index contributed by atoms with van der Waals surface area (Å²) in [5.41, 5.74) is 3.68. The van der Waals surface area contributed by atoms with Gasteiger partial charge in [-0.05, 0) is 18.8 Å². The Morgan fingerprint density at radius 3 is 2.61 bits per heavy atom.